The molecule has 0 spiro atoms. The first-order valence-electron chi connectivity index (χ1n) is 7.43. The molecule has 1 aromatic heterocycles. The Morgan fingerprint density at radius 1 is 1.24 bits per heavy atom. The molecule has 0 unspecified atom stereocenters. The van der Waals surface area contributed by atoms with Crippen molar-refractivity contribution in [2.45, 2.75) is 12.6 Å². The lowest BCUT2D eigenvalue weighted by atomic mass is 10.2. The molecule has 0 radical (unpaired) electrons. The normalized spacial score (nSPS) is 11.2. The number of nitrogens with one attached hydrogen (secondary N) is 2. The average molecular weight is 354 g/mol. The molecule has 134 valence electrons. The van der Waals surface area contributed by atoms with Crippen LogP contribution in [0.1, 0.15) is 22.5 Å². The number of nitrogens with zero attached hydrogens (tertiary/aromatic N) is 2. The summed E-state index contributed by atoms with van der Waals surface area (Å²) in [6.07, 6.45) is -2.51. The fraction of sp³-hybridized carbons (Fsp3) is 0.312. The third kappa shape index (κ3) is 5.71. The molecule has 25 heavy (non-hydrogen) atoms. The Bertz CT molecular complexity index is 723. The van der Waals surface area contributed by atoms with E-state index in [2.05, 4.69) is 20.6 Å². The van der Waals surface area contributed by atoms with Gasteiger partial charge in [-0.05, 0) is 24.6 Å². The number of halogens is 3. The zero-order chi connectivity index (χ0) is 18.3. The second-order valence-electron chi connectivity index (χ2n) is 5.09. The van der Waals surface area contributed by atoms with E-state index in [-0.39, 0.29) is 11.4 Å². The number of hydrogen-bond donors (Lipinski definition) is 2. The van der Waals surface area contributed by atoms with Crippen LogP contribution in [0.15, 0.2) is 36.7 Å². The predicted octanol–water partition coefficient (Wildman–Crippen LogP) is 3.20. The maximum atomic E-state index is 12.7. The van der Waals surface area contributed by atoms with Gasteiger partial charge in [-0.3, -0.25) is 4.79 Å². The van der Waals surface area contributed by atoms with E-state index in [1.54, 1.807) is 7.11 Å². The van der Waals surface area contributed by atoms with Crippen LogP contribution in [0.25, 0.3) is 0 Å². The van der Waals surface area contributed by atoms with Gasteiger partial charge in [0.1, 0.15) is 17.8 Å². The van der Waals surface area contributed by atoms with E-state index in [9.17, 15) is 18.0 Å². The van der Waals surface area contributed by atoms with E-state index in [0.29, 0.717) is 19.0 Å². The third-order valence-corrected chi connectivity index (χ3v) is 3.18. The summed E-state index contributed by atoms with van der Waals surface area (Å²) < 4.78 is 43.0. The number of ether oxygens (including phenoxy) is 1. The number of rotatable bonds is 7. The number of carbonyl (C=O) groups is 1. The van der Waals surface area contributed by atoms with Gasteiger partial charge in [0.25, 0.3) is 5.91 Å². The zero-order valence-corrected chi connectivity index (χ0v) is 13.4. The molecule has 0 bridgehead atoms. The van der Waals surface area contributed by atoms with E-state index >= 15 is 0 Å². The van der Waals surface area contributed by atoms with Crippen LogP contribution in [0, 0.1) is 0 Å². The number of hydrogen-bond acceptors (Lipinski definition) is 5. The van der Waals surface area contributed by atoms with Crippen molar-refractivity contribution >= 4 is 17.4 Å². The van der Waals surface area contributed by atoms with Gasteiger partial charge in [0.05, 0.1) is 5.56 Å². The third-order valence-electron chi connectivity index (χ3n) is 3.18. The highest BCUT2D eigenvalue weighted by molar-refractivity contribution is 6.03. The van der Waals surface area contributed by atoms with E-state index in [4.69, 9.17) is 4.74 Å². The molecule has 9 heteroatoms. The minimum Gasteiger partial charge on any atom is -0.385 e. The summed E-state index contributed by atoms with van der Waals surface area (Å²) in [4.78, 5) is 20.0. The van der Waals surface area contributed by atoms with Gasteiger partial charge in [-0.2, -0.15) is 13.2 Å². The molecular formula is C16H17F3N4O2. The van der Waals surface area contributed by atoms with Crippen LogP contribution < -0.4 is 10.6 Å². The molecule has 0 aliphatic carbocycles. The van der Waals surface area contributed by atoms with E-state index in [1.165, 1.54) is 24.5 Å². The first-order valence-corrected chi connectivity index (χ1v) is 7.43. The molecule has 0 saturated heterocycles. The van der Waals surface area contributed by atoms with Gasteiger partial charge in [0, 0.05) is 32.0 Å². The van der Waals surface area contributed by atoms with Crippen LogP contribution in [0.4, 0.5) is 24.7 Å². The molecule has 1 heterocycles. The van der Waals surface area contributed by atoms with Gasteiger partial charge in [0.2, 0.25) is 0 Å². The molecular weight excluding hydrogens is 337 g/mol. The summed E-state index contributed by atoms with van der Waals surface area (Å²) in [5, 5.41) is 5.41. The summed E-state index contributed by atoms with van der Waals surface area (Å²) in [6.45, 7) is 1.18. The van der Waals surface area contributed by atoms with Crippen LogP contribution in [-0.4, -0.2) is 36.1 Å². The van der Waals surface area contributed by atoms with Crippen molar-refractivity contribution in [3.8, 4) is 0 Å². The van der Waals surface area contributed by atoms with Crippen molar-refractivity contribution in [2.75, 3.05) is 30.9 Å². The largest absolute Gasteiger partial charge is 0.416 e. The molecule has 2 aromatic rings. The number of amides is 1. The van der Waals surface area contributed by atoms with Gasteiger partial charge in [-0.1, -0.05) is 6.07 Å². The van der Waals surface area contributed by atoms with Crippen LogP contribution in [-0.2, 0) is 10.9 Å². The number of aromatic nitrogens is 2. The zero-order valence-electron chi connectivity index (χ0n) is 13.4. The molecule has 6 nitrogen and oxygen atoms in total. The quantitative estimate of drug-likeness (QED) is 0.747. The minimum atomic E-state index is -4.48. The van der Waals surface area contributed by atoms with E-state index < -0.39 is 17.6 Å². The number of alkyl halides is 3. The van der Waals surface area contributed by atoms with Crippen molar-refractivity contribution in [2.24, 2.45) is 0 Å². The molecule has 2 rings (SSSR count). The smallest absolute Gasteiger partial charge is 0.385 e. The molecule has 0 aliphatic heterocycles. The Morgan fingerprint density at radius 3 is 2.76 bits per heavy atom. The highest BCUT2D eigenvalue weighted by Gasteiger charge is 2.30. The standard InChI is InChI=1S/C16H17F3N4O2/c1-25-7-3-6-20-14-9-13(21-10-22-14)15(24)23-12-5-2-4-11(8-12)16(17,18)19/h2,4-5,8-10H,3,6-7H2,1H3,(H,23,24)(H,20,21,22). The van der Waals surface area contributed by atoms with Crippen molar-refractivity contribution in [1.29, 1.82) is 0 Å². The SMILES string of the molecule is COCCCNc1cc(C(=O)Nc2cccc(C(F)(F)F)c2)ncn1. The van der Waals surface area contributed by atoms with Gasteiger partial charge in [-0.25, -0.2) is 9.97 Å². The molecule has 0 fully saturated rings. The maximum absolute atomic E-state index is 12.7. The summed E-state index contributed by atoms with van der Waals surface area (Å²) in [7, 11) is 1.60. The van der Waals surface area contributed by atoms with Gasteiger partial charge in [0.15, 0.2) is 0 Å². The van der Waals surface area contributed by atoms with Crippen molar-refractivity contribution in [1.82, 2.24) is 9.97 Å². The van der Waals surface area contributed by atoms with Gasteiger partial charge < -0.3 is 15.4 Å². The first kappa shape index (κ1) is 18.7. The first-order chi connectivity index (χ1) is 11.9. The van der Waals surface area contributed by atoms with Gasteiger partial charge >= 0.3 is 6.18 Å². The van der Waals surface area contributed by atoms with Crippen molar-refractivity contribution in [3.05, 3.63) is 47.9 Å². The summed E-state index contributed by atoms with van der Waals surface area (Å²) in [6, 6.07) is 5.82. The Labute approximate surface area is 142 Å². The second-order valence-corrected chi connectivity index (χ2v) is 5.09. The lowest BCUT2D eigenvalue weighted by molar-refractivity contribution is -0.137. The van der Waals surface area contributed by atoms with Gasteiger partial charge in [-0.15, -0.1) is 0 Å². The number of methoxy groups -OCH3 is 1. The minimum absolute atomic E-state index is 0.0352. The highest BCUT2D eigenvalue weighted by atomic mass is 19.4. The number of anilines is 2. The van der Waals surface area contributed by atoms with E-state index in [0.717, 1.165) is 18.6 Å². The Morgan fingerprint density at radius 2 is 2.04 bits per heavy atom. The average Bonchev–Trinajstić information content (AvgIpc) is 2.58. The Kier molecular flexibility index (Phi) is 6.29. The second kappa shape index (κ2) is 8.43. The molecule has 2 N–H and O–H groups in total. The fourth-order valence-electron chi connectivity index (χ4n) is 1.98. The topological polar surface area (TPSA) is 76.1 Å². The fourth-order valence-corrected chi connectivity index (χ4v) is 1.98. The lowest BCUT2D eigenvalue weighted by Gasteiger charge is -2.10. The van der Waals surface area contributed by atoms with Crippen molar-refractivity contribution < 1.29 is 22.7 Å². The van der Waals surface area contributed by atoms with E-state index in [1.807, 2.05) is 0 Å². The summed E-state index contributed by atoms with van der Waals surface area (Å²) in [5.41, 5.74) is -0.761. The lowest BCUT2D eigenvalue weighted by Crippen LogP contribution is -2.16. The maximum Gasteiger partial charge on any atom is 0.416 e. The molecule has 0 aliphatic rings. The molecule has 0 saturated carbocycles. The van der Waals surface area contributed by atoms with Crippen LogP contribution in [0.5, 0.6) is 0 Å². The van der Waals surface area contributed by atoms with Crippen LogP contribution in [0.2, 0.25) is 0 Å². The molecule has 1 amide bonds. The predicted molar refractivity (Wildman–Crippen MR) is 86.4 cm³/mol. The van der Waals surface area contributed by atoms with Crippen LogP contribution >= 0.6 is 0 Å². The van der Waals surface area contributed by atoms with Crippen molar-refractivity contribution in [3.63, 3.8) is 0 Å². The Balaban J connectivity index is 2.03. The highest BCUT2D eigenvalue weighted by Crippen LogP contribution is 2.30. The Hall–Kier alpha value is -2.68. The number of carbonyl (C=O) groups excluding carboxylic acids is 1. The number of benzene rings is 1. The van der Waals surface area contributed by atoms with Crippen LogP contribution in [0.3, 0.4) is 0 Å². The monoisotopic (exact) mass is 354 g/mol. The summed E-state index contributed by atoms with van der Waals surface area (Å²) in [5.74, 6) is -0.179. The molecule has 0 atom stereocenters. The summed E-state index contributed by atoms with van der Waals surface area (Å²) >= 11 is 0. The molecule has 1 aromatic carbocycles.